The number of carbonyl (C=O) groups is 1. The highest BCUT2D eigenvalue weighted by Crippen LogP contribution is 2.46. The Hall–Kier alpha value is -4.32. The Bertz CT molecular complexity index is 1560. The summed E-state index contributed by atoms with van der Waals surface area (Å²) in [5.74, 6) is -0.0272. The minimum Gasteiger partial charge on any atom is -0.497 e. The topological polar surface area (TPSA) is 82.3 Å². The van der Waals surface area contributed by atoms with Crippen LogP contribution >= 0.6 is 0 Å². The number of fused-ring (bicyclic) bond motifs is 2. The summed E-state index contributed by atoms with van der Waals surface area (Å²) < 4.78 is 5.58. The van der Waals surface area contributed by atoms with Crippen molar-refractivity contribution in [1.29, 1.82) is 0 Å². The third-order valence-corrected chi connectivity index (χ3v) is 6.78. The lowest BCUT2D eigenvalue weighted by molar-refractivity contribution is -0.122. The molecule has 5 aromatic rings. The molecule has 0 radical (unpaired) electrons. The number of nitrogens with one attached hydrogen (secondary N) is 3. The molecular formula is C28H24N4O2. The number of para-hydroxylation sites is 1. The predicted octanol–water partition coefficient (Wildman–Crippen LogP) is 5.58. The third-order valence-electron chi connectivity index (χ3n) is 6.78. The zero-order valence-electron chi connectivity index (χ0n) is 18.9. The molecule has 0 bridgehead atoms. The van der Waals surface area contributed by atoms with Crippen LogP contribution in [0.5, 0.6) is 5.75 Å². The van der Waals surface area contributed by atoms with Crippen LogP contribution in [0.15, 0.2) is 84.1 Å². The van der Waals surface area contributed by atoms with Crippen LogP contribution in [0, 0.1) is 5.92 Å². The van der Waals surface area contributed by atoms with Gasteiger partial charge in [-0.25, -0.2) is 5.43 Å². The molecule has 0 saturated carbocycles. The second-order valence-electron chi connectivity index (χ2n) is 8.67. The van der Waals surface area contributed by atoms with Gasteiger partial charge < -0.3 is 14.7 Å². The van der Waals surface area contributed by atoms with Crippen molar-refractivity contribution in [3.8, 4) is 17.0 Å². The van der Waals surface area contributed by atoms with Crippen LogP contribution in [0.1, 0.15) is 24.0 Å². The van der Waals surface area contributed by atoms with Gasteiger partial charge in [0.25, 0.3) is 0 Å². The summed E-state index contributed by atoms with van der Waals surface area (Å²) in [4.78, 5) is 20.2. The lowest BCUT2D eigenvalue weighted by Gasteiger charge is -2.24. The molecule has 0 aliphatic carbocycles. The van der Waals surface area contributed by atoms with Gasteiger partial charge in [0.05, 0.1) is 18.7 Å². The summed E-state index contributed by atoms with van der Waals surface area (Å²) in [6.45, 7) is 1.92. The number of hydrogen-bond acceptors (Lipinski definition) is 3. The minimum absolute atomic E-state index is 0.0935. The van der Waals surface area contributed by atoms with E-state index in [1.807, 2.05) is 55.6 Å². The normalized spacial score (nSPS) is 16.6. The molecule has 3 heterocycles. The van der Waals surface area contributed by atoms with Gasteiger partial charge in [-0.3, -0.25) is 4.79 Å². The molecule has 2 atom stereocenters. The first-order valence-corrected chi connectivity index (χ1v) is 11.3. The van der Waals surface area contributed by atoms with Crippen LogP contribution in [-0.4, -0.2) is 28.7 Å². The van der Waals surface area contributed by atoms with Gasteiger partial charge in [0.2, 0.25) is 5.91 Å². The van der Waals surface area contributed by atoms with Crippen LogP contribution < -0.4 is 10.2 Å². The molecule has 2 unspecified atom stereocenters. The maximum Gasteiger partial charge on any atom is 0.249 e. The largest absolute Gasteiger partial charge is 0.497 e. The maximum absolute atomic E-state index is 13.2. The van der Waals surface area contributed by atoms with E-state index in [2.05, 4.69) is 50.8 Å². The average molecular weight is 449 g/mol. The Kier molecular flexibility index (Phi) is 4.73. The fourth-order valence-corrected chi connectivity index (χ4v) is 5.19. The molecule has 6 rings (SSSR count). The molecule has 2 aromatic heterocycles. The zero-order chi connectivity index (χ0) is 23.2. The summed E-state index contributed by atoms with van der Waals surface area (Å²) in [6, 6.07) is 24.5. The molecule has 168 valence electrons. The van der Waals surface area contributed by atoms with Gasteiger partial charge in [-0.1, -0.05) is 48.5 Å². The van der Waals surface area contributed by atoms with Crippen molar-refractivity contribution in [3.05, 3.63) is 90.1 Å². The average Bonchev–Trinajstić information content (AvgIpc) is 3.56. The number of methoxy groups -OCH3 is 1. The minimum atomic E-state index is -0.438. The van der Waals surface area contributed by atoms with Crippen LogP contribution in [-0.2, 0) is 4.79 Å². The third kappa shape index (κ3) is 3.10. The van der Waals surface area contributed by atoms with E-state index in [-0.39, 0.29) is 11.8 Å². The number of hydrogen-bond donors (Lipinski definition) is 3. The van der Waals surface area contributed by atoms with Gasteiger partial charge in [-0.2, -0.15) is 5.10 Å². The molecule has 1 amide bonds. The van der Waals surface area contributed by atoms with Crippen molar-refractivity contribution in [2.45, 2.75) is 12.8 Å². The summed E-state index contributed by atoms with van der Waals surface area (Å²) in [5.41, 5.74) is 9.68. The smallest absolute Gasteiger partial charge is 0.249 e. The van der Waals surface area contributed by atoms with Crippen molar-refractivity contribution in [2.24, 2.45) is 11.0 Å². The molecule has 0 spiro atoms. The first-order chi connectivity index (χ1) is 16.7. The van der Waals surface area contributed by atoms with E-state index in [9.17, 15) is 4.79 Å². The number of nitrogens with zero attached hydrogens (tertiary/aromatic N) is 1. The molecule has 1 aliphatic heterocycles. The lowest BCUT2D eigenvalue weighted by atomic mass is 9.76. The summed E-state index contributed by atoms with van der Waals surface area (Å²) in [5, 5.41) is 6.43. The second-order valence-corrected chi connectivity index (χ2v) is 8.67. The number of amides is 1. The molecule has 6 nitrogen and oxygen atoms in total. The predicted molar refractivity (Wildman–Crippen MR) is 135 cm³/mol. The van der Waals surface area contributed by atoms with Crippen LogP contribution in [0.4, 0.5) is 0 Å². The molecule has 0 fully saturated rings. The molecule has 6 heteroatoms. The van der Waals surface area contributed by atoms with Gasteiger partial charge in [0.15, 0.2) is 0 Å². The first-order valence-electron chi connectivity index (χ1n) is 11.3. The zero-order valence-corrected chi connectivity index (χ0v) is 18.9. The number of hydrazone groups is 1. The van der Waals surface area contributed by atoms with E-state index in [1.165, 1.54) is 0 Å². The van der Waals surface area contributed by atoms with Gasteiger partial charge in [0.1, 0.15) is 5.75 Å². The van der Waals surface area contributed by atoms with Gasteiger partial charge in [-0.05, 0) is 47.9 Å². The van der Waals surface area contributed by atoms with E-state index in [0.29, 0.717) is 0 Å². The fraction of sp³-hybridized carbons (Fsp3) is 0.143. The van der Waals surface area contributed by atoms with Crippen LogP contribution in [0.3, 0.4) is 0 Å². The van der Waals surface area contributed by atoms with Gasteiger partial charge in [-0.15, -0.1) is 0 Å². The van der Waals surface area contributed by atoms with Gasteiger partial charge >= 0.3 is 0 Å². The van der Waals surface area contributed by atoms with Crippen LogP contribution in [0.2, 0.25) is 0 Å². The second kappa shape index (κ2) is 7.92. The number of H-pyrrole nitrogens is 2. The highest BCUT2D eigenvalue weighted by Gasteiger charge is 2.40. The number of benzene rings is 3. The number of ether oxygens (including phenoxy) is 1. The molecule has 3 N–H and O–H groups in total. The Labute approximate surface area is 196 Å². The van der Waals surface area contributed by atoms with Crippen molar-refractivity contribution >= 4 is 33.4 Å². The number of aromatic amines is 2. The van der Waals surface area contributed by atoms with Crippen LogP contribution in [0.25, 0.3) is 33.1 Å². The summed E-state index contributed by atoms with van der Waals surface area (Å²) >= 11 is 0. The maximum atomic E-state index is 13.2. The molecule has 1 aliphatic rings. The highest BCUT2D eigenvalue weighted by molar-refractivity contribution is 6.09. The Morgan fingerprint density at radius 2 is 1.74 bits per heavy atom. The molecular weight excluding hydrogens is 424 g/mol. The number of carbonyl (C=O) groups excluding carboxylic acids is 1. The monoisotopic (exact) mass is 448 g/mol. The lowest BCUT2D eigenvalue weighted by Crippen LogP contribution is -2.29. The van der Waals surface area contributed by atoms with E-state index < -0.39 is 5.92 Å². The van der Waals surface area contributed by atoms with Crippen molar-refractivity contribution < 1.29 is 9.53 Å². The Morgan fingerprint density at radius 1 is 0.941 bits per heavy atom. The SMILES string of the molecule is COc1ccc2[nH]c(-c3ccccc3)c(C(c3c[nH]c4ccccc34)C3C(=O)NN=C3C)c2c1. The van der Waals surface area contributed by atoms with Crippen molar-refractivity contribution in [2.75, 3.05) is 7.11 Å². The molecule has 0 saturated heterocycles. The van der Waals surface area contributed by atoms with E-state index >= 15 is 0 Å². The molecule has 3 aromatic carbocycles. The van der Waals surface area contributed by atoms with Crippen molar-refractivity contribution in [3.63, 3.8) is 0 Å². The van der Waals surface area contributed by atoms with Crippen molar-refractivity contribution in [1.82, 2.24) is 15.4 Å². The standard InChI is InChI=1S/C28H24N4O2/c1-16-24(28(33)32-31-16)25(21-15-29-22-11-7-6-10-19(21)22)26-20-14-18(34-2)12-13-23(20)30-27(26)17-8-4-3-5-9-17/h3-15,24-25,29-30H,1-2H3,(H,32,33). The first kappa shape index (κ1) is 20.3. The summed E-state index contributed by atoms with van der Waals surface area (Å²) in [6.07, 6.45) is 2.03. The Morgan fingerprint density at radius 3 is 2.50 bits per heavy atom. The number of rotatable bonds is 5. The van der Waals surface area contributed by atoms with E-state index in [4.69, 9.17) is 4.74 Å². The highest BCUT2D eigenvalue weighted by atomic mass is 16.5. The number of aromatic nitrogens is 2. The van der Waals surface area contributed by atoms with E-state index in [1.54, 1.807) is 7.11 Å². The van der Waals surface area contributed by atoms with E-state index in [0.717, 1.165) is 55.7 Å². The quantitative estimate of drug-likeness (QED) is 0.328. The molecule has 34 heavy (non-hydrogen) atoms. The van der Waals surface area contributed by atoms with Gasteiger partial charge in [0, 0.05) is 39.6 Å². The fourth-order valence-electron chi connectivity index (χ4n) is 5.19. The Balaban J connectivity index is 1.71. The summed E-state index contributed by atoms with van der Waals surface area (Å²) in [7, 11) is 1.67.